The van der Waals surface area contributed by atoms with E-state index in [0.717, 1.165) is 16.9 Å². The van der Waals surface area contributed by atoms with Crippen molar-refractivity contribution in [3.05, 3.63) is 59.7 Å². The second kappa shape index (κ2) is 9.53. The number of aryl methyl sites for hydroxylation is 1. The van der Waals surface area contributed by atoms with Gasteiger partial charge in [-0.1, -0.05) is 36.8 Å². The molecule has 0 fully saturated rings. The summed E-state index contributed by atoms with van der Waals surface area (Å²) in [5.74, 6) is 0.462. The van der Waals surface area contributed by atoms with Crippen molar-refractivity contribution in [3.63, 3.8) is 0 Å². The van der Waals surface area contributed by atoms with Gasteiger partial charge in [-0.25, -0.2) is 8.42 Å². The van der Waals surface area contributed by atoms with Crippen LogP contribution in [0.2, 0.25) is 0 Å². The molecule has 7 heteroatoms. The third-order valence-corrected chi connectivity index (χ3v) is 6.16. The normalized spacial score (nSPS) is 11.4. The number of amides is 1. The lowest BCUT2D eigenvalue weighted by atomic mass is 10.1. The Bertz CT molecular complexity index is 847. The molecule has 0 heterocycles. The van der Waals surface area contributed by atoms with Gasteiger partial charge in [-0.15, -0.1) is 0 Å². The summed E-state index contributed by atoms with van der Waals surface area (Å²) in [7, 11) is -2.08. The molecule has 0 bridgehead atoms. The Balaban J connectivity index is 1.90. The molecular weight excluding hydrogens is 364 g/mol. The molecule has 0 saturated carbocycles. The Labute approximate surface area is 161 Å². The highest BCUT2D eigenvalue weighted by Crippen LogP contribution is 2.16. The van der Waals surface area contributed by atoms with E-state index in [9.17, 15) is 13.2 Å². The van der Waals surface area contributed by atoms with Crippen molar-refractivity contribution in [2.75, 3.05) is 26.7 Å². The van der Waals surface area contributed by atoms with Crippen LogP contribution in [0.3, 0.4) is 0 Å². The zero-order chi connectivity index (χ0) is 19.9. The molecule has 0 aliphatic rings. The molecule has 0 aromatic heterocycles. The van der Waals surface area contributed by atoms with Crippen LogP contribution < -0.4 is 10.1 Å². The predicted molar refractivity (Wildman–Crippen MR) is 105 cm³/mol. The van der Waals surface area contributed by atoms with E-state index in [0.29, 0.717) is 13.0 Å². The number of nitrogens with zero attached hydrogens (tertiary/aromatic N) is 1. The average Bonchev–Trinajstić information content (AvgIpc) is 2.67. The molecule has 146 valence electrons. The average molecular weight is 391 g/mol. The maximum Gasteiger partial charge on any atom is 0.243 e. The molecule has 1 amide bonds. The van der Waals surface area contributed by atoms with Crippen LogP contribution in [0.1, 0.15) is 18.1 Å². The molecular formula is C20H26N2O4S. The van der Waals surface area contributed by atoms with Gasteiger partial charge in [0.25, 0.3) is 0 Å². The number of sulfonamides is 1. The van der Waals surface area contributed by atoms with E-state index in [-0.39, 0.29) is 23.9 Å². The number of hydrogen-bond donors (Lipinski definition) is 1. The van der Waals surface area contributed by atoms with Gasteiger partial charge in [-0.05, 0) is 43.2 Å². The van der Waals surface area contributed by atoms with Gasteiger partial charge in [0.2, 0.25) is 15.9 Å². The van der Waals surface area contributed by atoms with E-state index >= 15 is 0 Å². The molecule has 0 aliphatic carbocycles. The van der Waals surface area contributed by atoms with E-state index in [1.165, 1.54) is 4.31 Å². The topological polar surface area (TPSA) is 75.7 Å². The zero-order valence-electron chi connectivity index (χ0n) is 15.9. The lowest BCUT2D eigenvalue weighted by Gasteiger charge is -2.20. The smallest absolute Gasteiger partial charge is 0.243 e. The van der Waals surface area contributed by atoms with Crippen molar-refractivity contribution >= 4 is 15.9 Å². The minimum absolute atomic E-state index is 0.195. The van der Waals surface area contributed by atoms with Gasteiger partial charge in [0.1, 0.15) is 5.75 Å². The summed E-state index contributed by atoms with van der Waals surface area (Å²) in [6.07, 6.45) is 0.659. The minimum atomic E-state index is -3.69. The van der Waals surface area contributed by atoms with Crippen molar-refractivity contribution in [2.45, 2.75) is 25.2 Å². The molecule has 0 unspecified atom stereocenters. The van der Waals surface area contributed by atoms with Gasteiger partial charge in [-0.3, -0.25) is 4.79 Å². The third-order valence-electron chi connectivity index (χ3n) is 4.23. The van der Waals surface area contributed by atoms with Crippen LogP contribution in [0.15, 0.2) is 53.4 Å². The molecule has 0 atom stereocenters. The molecule has 1 N–H and O–H groups in total. The number of carbonyl (C=O) groups excluding carboxylic acids is 1. The lowest BCUT2D eigenvalue weighted by molar-refractivity contribution is -0.121. The van der Waals surface area contributed by atoms with Gasteiger partial charge < -0.3 is 10.1 Å². The standard InChI is InChI=1S/C20H26N2O4S/c1-4-22(27(24,25)19-11-5-16(2)6-12-19)15-20(23)21-14-13-17-7-9-18(26-3)10-8-17/h5-12H,4,13-15H2,1-3H3,(H,21,23). The number of carbonyl (C=O) groups is 1. The largest absolute Gasteiger partial charge is 0.497 e. The summed E-state index contributed by atoms with van der Waals surface area (Å²) in [4.78, 5) is 12.4. The maximum absolute atomic E-state index is 12.7. The molecule has 2 aromatic rings. The summed E-state index contributed by atoms with van der Waals surface area (Å²) in [6.45, 7) is 4.07. The number of benzene rings is 2. The van der Waals surface area contributed by atoms with Crippen LogP contribution in [-0.2, 0) is 21.2 Å². The summed E-state index contributed by atoms with van der Waals surface area (Å²) in [6, 6.07) is 14.2. The monoisotopic (exact) mass is 390 g/mol. The zero-order valence-corrected chi connectivity index (χ0v) is 16.8. The van der Waals surface area contributed by atoms with Gasteiger partial charge in [0.15, 0.2) is 0 Å². The summed E-state index contributed by atoms with van der Waals surface area (Å²) in [5.41, 5.74) is 2.05. The quantitative estimate of drug-likeness (QED) is 0.713. The molecule has 0 radical (unpaired) electrons. The van der Waals surface area contributed by atoms with E-state index in [4.69, 9.17) is 4.74 Å². The van der Waals surface area contributed by atoms with Gasteiger partial charge in [-0.2, -0.15) is 4.31 Å². The summed E-state index contributed by atoms with van der Waals surface area (Å²) < 4.78 is 31.7. The Hall–Kier alpha value is -2.38. The molecule has 2 rings (SSSR count). The molecule has 0 aliphatic heterocycles. The maximum atomic E-state index is 12.7. The van der Waals surface area contributed by atoms with Crippen LogP contribution in [0.4, 0.5) is 0 Å². The number of methoxy groups -OCH3 is 1. The number of rotatable bonds is 9. The van der Waals surface area contributed by atoms with E-state index < -0.39 is 10.0 Å². The molecule has 0 spiro atoms. The third kappa shape index (κ3) is 5.80. The van der Waals surface area contributed by atoms with Crippen molar-refractivity contribution in [3.8, 4) is 5.75 Å². The van der Waals surface area contributed by atoms with Crippen molar-refractivity contribution in [2.24, 2.45) is 0 Å². The first-order chi connectivity index (χ1) is 12.9. The molecule has 27 heavy (non-hydrogen) atoms. The fraction of sp³-hybridized carbons (Fsp3) is 0.350. The minimum Gasteiger partial charge on any atom is -0.497 e. The highest BCUT2D eigenvalue weighted by atomic mass is 32.2. The van der Waals surface area contributed by atoms with Gasteiger partial charge in [0.05, 0.1) is 18.6 Å². The molecule has 6 nitrogen and oxygen atoms in total. The highest BCUT2D eigenvalue weighted by Gasteiger charge is 2.24. The lowest BCUT2D eigenvalue weighted by Crippen LogP contribution is -2.41. The Morgan fingerprint density at radius 3 is 2.26 bits per heavy atom. The molecule has 2 aromatic carbocycles. The SMILES string of the molecule is CCN(CC(=O)NCCc1ccc(OC)cc1)S(=O)(=O)c1ccc(C)cc1. The van der Waals surface area contributed by atoms with Gasteiger partial charge in [0, 0.05) is 13.1 Å². The number of nitrogens with one attached hydrogen (secondary N) is 1. The Kier molecular flexibility index (Phi) is 7.38. The first-order valence-corrected chi connectivity index (χ1v) is 10.3. The summed E-state index contributed by atoms with van der Waals surface area (Å²) in [5, 5.41) is 2.78. The van der Waals surface area contributed by atoms with Crippen LogP contribution in [0, 0.1) is 6.92 Å². The number of likely N-dealkylation sites (N-methyl/N-ethyl adjacent to an activating group) is 1. The van der Waals surface area contributed by atoms with Crippen LogP contribution in [-0.4, -0.2) is 45.4 Å². The first-order valence-electron chi connectivity index (χ1n) is 8.83. The van der Waals surface area contributed by atoms with Crippen LogP contribution in [0.25, 0.3) is 0 Å². The van der Waals surface area contributed by atoms with Crippen molar-refractivity contribution < 1.29 is 17.9 Å². The Morgan fingerprint density at radius 1 is 1.07 bits per heavy atom. The van der Waals surface area contributed by atoms with E-state index in [1.54, 1.807) is 38.3 Å². The fourth-order valence-electron chi connectivity index (χ4n) is 2.58. The predicted octanol–water partition coefficient (Wildman–Crippen LogP) is 2.37. The second-order valence-electron chi connectivity index (χ2n) is 6.19. The highest BCUT2D eigenvalue weighted by molar-refractivity contribution is 7.89. The number of ether oxygens (including phenoxy) is 1. The molecule has 0 saturated heterocycles. The van der Waals surface area contributed by atoms with E-state index in [1.807, 2.05) is 31.2 Å². The van der Waals surface area contributed by atoms with Crippen LogP contribution >= 0.6 is 0 Å². The fourth-order valence-corrected chi connectivity index (χ4v) is 3.99. The number of hydrogen-bond acceptors (Lipinski definition) is 4. The van der Waals surface area contributed by atoms with Gasteiger partial charge >= 0.3 is 0 Å². The first kappa shape index (κ1) is 20.9. The van der Waals surface area contributed by atoms with E-state index in [2.05, 4.69) is 5.32 Å². The van der Waals surface area contributed by atoms with Crippen molar-refractivity contribution in [1.29, 1.82) is 0 Å². The van der Waals surface area contributed by atoms with Crippen LogP contribution in [0.5, 0.6) is 5.75 Å². The Morgan fingerprint density at radius 2 is 1.70 bits per heavy atom. The van der Waals surface area contributed by atoms with Crippen molar-refractivity contribution in [1.82, 2.24) is 9.62 Å². The second-order valence-corrected chi connectivity index (χ2v) is 8.13. The summed E-state index contributed by atoms with van der Waals surface area (Å²) >= 11 is 0.